The number of aryl methyl sites for hydroxylation is 2. The van der Waals surface area contributed by atoms with E-state index in [-0.39, 0.29) is 24.3 Å². The summed E-state index contributed by atoms with van der Waals surface area (Å²) in [6, 6.07) is 13.4. The van der Waals surface area contributed by atoms with E-state index in [0.29, 0.717) is 13.0 Å². The van der Waals surface area contributed by atoms with Gasteiger partial charge >= 0.3 is 6.09 Å². The lowest BCUT2D eigenvalue weighted by atomic mass is 9.95. The number of nitrogens with one attached hydrogen (secondary N) is 2. The third-order valence-electron chi connectivity index (χ3n) is 6.79. The summed E-state index contributed by atoms with van der Waals surface area (Å²) in [6.45, 7) is 15.9. The molecule has 0 bridgehead atoms. The van der Waals surface area contributed by atoms with Gasteiger partial charge in [0.25, 0.3) is 0 Å². The van der Waals surface area contributed by atoms with Crippen molar-refractivity contribution in [2.75, 3.05) is 6.54 Å². The summed E-state index contributed by atoms with van der Waals surface area (Å²) in [5.74, 6) is -0.552. The Morgan fingerprint density at radius 3 is 2.21 bits per heavy atom. The van der Waals surface area contributed by atoms with E-state index in [4.69, 9.17) is 4.74 Å². The molecule has 2 rings (SSSR count). The molecule has 0 aliphatic heterocycles. The number of alkyl carbamates (subject to hydrolysis) is 1. The van der Waals surface area contributed by atoms with E-state index >= 15 is 0 Å². The number of carbonyl (C=O) groups excluding carboxylic acids is 3. The molecule has 0 fully saturated rings. The number of unbranched alkanes of at least 4 members (excludes halogenated alkanes) is 1. The maximum absolute atomic E-state index is 14.4. The van der Waals surface area contributed by atoms with Crippen molar-refractivity contribution in [2.24, 2.45) is 0 Å². The topological polar surface area (TPSA) is 87.7 Å². The van der Waals surface area contributed by atoms with Crippen molar-refractivity contribution in [2.45, 2.75) is 105 Å². The summed E-state index contributed by atoms with van der Waals surface area (Å²) < 4.78 is 5.51. The van der Waals surface area contributed by atoms with Crippen molar-refractivity contribution < 1.29 is 19.1 Å². The van der Waals surface area contributed by atoms with Crippen LogP contribution in [-0.2, 0) is 20.7 Å². The quantitative estimate of drug-likeness (QED) is 0.324. The van der Waals surface area contributed by atoms with Gasteiger partial charge in [-0.15, -0.1) is 0 Å². The van der Waals surface area contributed by atoms with Gasteiger partial charge in [-0.1, -0.05) is 68.8 Å². The minimum atomic E-state index is -0.922. The van der Waals surface area contributed by atoms with Crippen LogP contribution in [0.5, 0.6) is 0 Å². The molecule has 2 aromatic carbocycles. The number of hydrogen-bond donors (Lipinski definition) is 2. The van der Waals surface area contributed by atoms with Gasteiger partial charge in [-0.25, -0.2) is 4.79 Å². The lowest BCUT2D eigenvalue weighted by Crippen LogP contribution is -2.56. The molecule has 0 saturated carbocycles. The van der Waals surface area contributed by atoms with Crippen LogP contribution in [0.25, 0.3) is 0 Å². The monoisotopic (exact) mass is 537 g/mol. The number of amides is 3. The molecule has 39 heavy (non-hydrogen) atoms. The maximum atomic E-state index is 14.4. The van der Waals surface area contributed by atoms with Crippen molar-refractivity contribution in [1.82, 2.24) is 15.5 Å². The summed E-state index contributed by atoms with van der Waals surface area (Å²) in [6.07, 6.45) is 2.03. The Hall–Kier alpha value is -3.35. The standard InChI is InChI=1S/C32H47N3O4/c1-9-11-19-33-29(36)28(26-18-17-22(3)23(4)20-26)35(24(5)10-2)30(37)27(21-25-15-13-12-14-16-25)34-31(38)39-32(6,7)8/h12-18,20,24,27-28H,9-11,19,21H2,1-8H3,(H,33,36)(H,34,38). The van der Waals surface area contributed by atoms with E-state index in [2.05, 4.69) is 17.6 Å². The fourth-order valence-corrected chi connectivity index (χ4v) is 4.33. The van der Waals surface area contributed by atoms with E-state index in [0.717, 1.165) is 35.1 Å². The first-order chi connectivity index (χ1) is 18.4. The Kier molecular flexibility index (Phi) is 12.0. The first-order valence-electron chi connectivity index (χ1n) is 14.1. The normalized spacial score (nSPS) is 13.6. The van der Waals surface area contributed by atoms with Crippen LogP contribution >= 0.6 is 0 Å². The number of rotatable bonds is 12. The van der Waals surface area contributed by atoms with Crippen LogP contribution in [0.3, 0.4) is 0 Å². The molecule has 0 saturated heterocycles. The number of carbonyl (C=O) groups is 3. The van der Waals surface area contributed by atoms with E-state index < -0.39 is 23.8 Å². The highest BCUT2D eigenvalue weighted by molar-refractivity contribution is 5.92. The average molecular weight is 538 g/mol. The lowest BCUT2D eigenvalue weighted by Gasteiger charge is -2.38. The van der Waals surface area contributed by atoms with Crippen LogP contribution in [0.4, 0.5) is 4.79 Å². The predicted molar refractivity (Wildman–Crippen MR) is 156 cm³/mol. The molecule has 0 spiro atoms. The second-order valence-corrected chi connectivity index (χ2v) is 11.3. The Balaban J connectivity index is 2.57. The van der Waals surface area contributed by atoms with Gasteiger partial charge in [0, 0.05) is 19.0 Å². The van der Waals surface area contributed by atoms with Crippen LogP contribution in [0.1, 0.15) is 89.1 Å². The summed E-state index contributed by atoms with van der Waals surface area (Å²) in [7, 11) is 0. The van der Waals surface area contributed by atoms with Crippen molar-refractivity contribution in [3.8, 4) is 0 Å². The van der Waals surface area contributed by atoms with Crippen LogP contribution in [0.15, 0.2) is 48.5 Å². The first-order valence-corrected chi connectivity index (χ1v) is 14.1. The average Bonchev–Trinajstić information content (AvgIpc) is 2.87. The second-order valence-electron chi connectivity index (χ2n) is 11.3. The summed E-state index contributed by atoms with van der Waals surface area (Å²) >= 11 is 0. The lowest BCUT2D eigenvalue weighted by molar-refractivity contribution is -0.145. The van der Waals surface area contributed by atoms with E-state index in [1.54, 1.807) is 25.7 Å². The molecule has 3 amide bonds. The zero-order valence-electron chi connectivity index (χ0n) is 25.0. The summed E-state index contributed by atoms with van der Waals surface area (Å²) in [5.41, 5.74) is 3.08. The number of nitrogens with zero attached hydrogens (tertiary/aromatic N) is 1. The Morgan fingerprint density at radius 2 is 1.64 bits per heavy atom. The fourth-order valence-electron chi connectivity index (χ4n) is 4.33. The maximum Gasteiger partial charge on any atom is 0.408 e. The molecule has 0 radical (unpaired) electrons. The van der Waals surface area contributed by atoms with Gasteiger partial charge in [0.1, 0.15) is 17.7 Å². The zero-order chi connectivity index (χ0) is 29.2. The van der Waals surface area contributed by atoms with Crippen LogP contribution < -0.4 is 10.6 Å². The number of hydrogen-bond acceptors (Lipinski definition) is 4. The third kappa shape index (κ3) is 9.72. The zero-order valence-corrected chi connectivity index (χ0v) is 25.0. The molecule has 7 heteroatoms. The number of benzene rings is 2. The molecule has 0 aromatic heterocycles. The molecule has 0 aliphatic rings. The third-order valence-corrected chi connectivity index (χ3v) is 6.79. The highest BCUT2D eigenvalue weighted by Gasteiger charge is 2.38. The molecule has 3 atom stereocenters. The minimum absolute atomic E-state index is 0.226. The predicted octanol–water partition coefficient (Wildman–Crippen LogP) is 6.02. The van der Waals surface area contributed by atoms with E-state index in [1.165, 1.54) is 0 Å². The van der Waals surface area contributed by atoms with Gasteiger partial charge in [0.05, 0.1) is 0 Å². The molecule has 0 heterocycles. The van der Waals surface area contributed by atoms with Gasteiger partial charge < -0.3 is 20.3 Å². The van der Waals surface area contributed by atoms with Crippen molar-refractivity contribution in [3.63, 3.8) is 0 Å². The fraction of sp³-hybridized carbons (Fsp3) is 0.531. The van der Waals surface area contributed by atoms with Gasteiger partial charge in [0.15, 0.2) is 0 Å². The molecule has 214 valence electrons. The molecule has 7 nitrogen and oxygen atoms in total. The molecule has 2 aromatic rings. The van der Waals surface area contributed by atoms with Gasteiger partial charge in [-0.05, 0) is 76.6 Å². The van der Waals surface area contributed by atoms with Crippen LogP contribution in [0, 0.1) is 13.8 Å². The SMILES string of the molecule is CCCCNC(=O)C(c1ccc(C)c(C)c1)N(C(=O)C(Cc1ccccc1)NC(=O)OC(C)(C)C)C(C)CC. The summed E-state index contributed by atoms with van der Waals surface area (Å²) in [5, 5.41) is 5.86. The molecular formula is C32H47N3O4. The Labute approximate surface area is 234 Å². The van der Waals surface area contributed by atoms with E-state index in [1.807, 2.05) is 76.2 Å². The Morgan fingerprint density at radius 1 is 0.974 bits per heavy atom. The Bertz CT molecular complexity index is 1090. The van der Waals surface area contributed by atoms with Crippen LogP contribution in [0.2, 0.25) is 0 Å². The van der Waals surface area contributed by atoms with Gasteiger partial charge in [-0.3, -0.25) is 9.59 Å². The minimum Gasteiger partial charge on any atom is -0.444 e. The van der Waals surface area contributed by atoms with Gasteiger partial charge in [0.2, 0.25) is 11.8 Å². The molecule has 3 unspecified atom stereocenters. The highest BCUT2D eigenvalue weighted by atomic mass is 16.6. The molecular weight excluding hydrogens is 490 g/mol. The highest BCUT2D eigenvalue weighted by Crippen LogP contribution is 2.28. The number of ether oxygens (including phenoxy) is 1. The van der Waals surface area contributed by atoms with Gasteiger partial charge in [-0.2, -0.15) is 0 Å². The molecule has 2 N–H and O–H groups in total. The van der Waals surface area contributed by atoms with Crippen molar-refractivity contribution >= 4 is 17.9 Å². The van der Waals surface area contributed by atoms with Crippen molar-refractivity contribution in [1.29, 1.82) is 0 Å². The van der Waals surface area contributed by atoms with Crippen molar-refractivity contribution in [3.05, 3.63) is 70.8 Å². The second kappa shape index (κ2) is 14.7. The smallest absolute Gasteiger partial charge is 0.408 e. The first kappa shape index (κ1) is 31.9. The molecule has 0 aliphatic carbocycles. The van der Waals surface area contributed by atoms with E-state index in [9.17, 15) is 14.4 Å². The summed E-state index contributed by atoms with van der Waals surface area (Å²) in [4.78, 5) is 42.7. The largest absolute Gasteiger partial charge is 0.444 e. The van der Waals surface area contributed by atoms with Crippen LogP contribution in [-0.4, -0.2) is 47.0 Å².